The molecular weight excluding hydrogens is 433 g/mol. The Morgan fingerprint density at radius 3 is 2.18 bits per heavy atom. The highest BCUT2D eigenvalue weighted by Gasteiger charge is 2.28. The Bertz CT molecular complexity index is 1240. The van der Waals surface area contributed by atoms with Crippen molar-refractivity contribution in [1.29, 1.82) is 0 Å². The summed E-state index contributed by atoms with van der Waals surface area (Å²) < 4.78 is 31.5. The van der Waals surface area contributed by atoms with Crippen molar-refractivity contribution < 1.29 is 28.8 Å². The number of halogens is 3. The lowest BCUT2D eigenvalue weighted by Crippen LogP contribution is -2.47. The van der Waals surface area contributed by atoms with Crippen molar-refractivity contribution >= 4 is 17.0 Å². The van der Waals surface area contributed by atoms with Gasteiger partial charge in [-0.05, 0) is 11.6 Å². The summed E-state index contributed by atoms with van der Waals surface area (Å²) in [5.74, 6) is -2.19. The van der Waals surface area contributed by atoms with Crippen LogP contribution in [0, 0.1) is 0 Å². The Hall–Kier alpha value is -3.85. The quantitative estimate of drug-likeness (QED) is 0.510. The molecule has 0 spiro atoms. The second-order valence-corrected chi connectivity index (χ2v) is 7.04. The maximum atomic E-state index is 10.5. The lowest BCUT2D eigenvalue weighted by molar-refractivity contribution is -0.386. The highest BCUT2D eigenvalue weighted by atomic mass is 19.4. The van der Waals surface area contributed by atoms with Gasteiger partial charge in [-0.1, -0.05) is 61.5 Å². The van der Waals surface area contributed by atoms with E-state index in [0.717, 1.165) is 52.2 Å². The van der Waals surface area contributed by atoms with Crippen LogP contribution in [0.1, 0.15) is 18.3 Å². The minimum atomic E-state index is -5.19. The molecule has 170 valence electrons. The van der Waals surface area contributed by atoms with Gasteiger partial charge in [0.2, 0.25) is 0 Å². The van der Waals surface area contributed by atoms with E-state index in [1.54, 1.807) is 0 Å². The molecule has 0 bridgehead atoms. The van der Waals surface area contributed by atoms with E-state index in [1.807, 2.05) is 24.4 Å². The Morgan fingerprint density at radius 1 is 1.00 bits per heavy atom. The highest BCUT2D eigenvalue weighted by Crippen LogP contribution is 2.33. The van der Waals surface area contributed by atoms with Gasteiger partial charge in [0.25, 0.3) is 0 Å². The zero-order chi connectivity index (χ0) is 24.0. The van der Waals surface area contributed by atoms with Gasteiger partial charge >= 0.3 is 6.18 Å². The second-order valence-electron chi connectivity index (χ2n) is 7.04. The minimum Gasteiger partial charge on any atom is -0.542 e. The molecule has 0 saturated carbocycles. The molecule has 33 heavy (non-hydrogen) atoms. The molecule has 0 radical (unpaired) electrons. The summed E-state index contributed by atoms with van der Waals surface area (Å²) in [7, 11) is 0. The predicted molar refractivity (Wildman–Crippen MR) is 115 cm³/mol. The lowest BCUT2D eigenvalue weighted by atomic mass is 9.98. The van der Waals surface area contributed by atoms with Gasteiger partial charge in [0.05, 0.1) is 12.2 Å². The molecule has 0 atom stereocenters. The summed E-state index contributed by atoms with van der Waals surface area (Å²) in [5.41, 5.74) is 10.2. The number of fused-ring (bicyclic) bond motifs is 1. The number of hydrogen-bond acceptors (Lipinski definition) is 5. The van der Waals surface area contributed by atoms with E-state index in [2.05, 4.69) is 65.1 Å². The molecule has 0 aliphatic carbocycles. The van der Waals surface area contributed by atoms with Gasteiger partial charge in [-0.3, -0.25) is 0 Å². The van der Waals surface area contributed by atoms with Crippen LogP contribution in [0.15, 0.2) is 66.9 Å². The summed E-state index contributed by atoms with van der Waals surface area (Å²) >= 11 is 0. The van der Waals surface area contributed by atoms with Gasteiger partial charge in [-0.15, -0.1) is 0 Å². The molecular formula is C24H21F3N4O2. The number of aromatic nitrogens is 3. The van der Waals surface area contributed by atoms with Crippen LogP contribution in [-0.2, 0) is 17.8 Å². The van der Waals surface area contributed by atoms with Crippen LogP contribution in [0.3, 0.4) is 0 Å². The molecule has 4 aromatic rings. The van der Waals surface area contributed by atoms with Gasteiger partial charge in [0.15, 0.2) is 5.65 Å². The van der Waals surface area contributed by atoms with Gasteiger partial charge in [0.1, 0.15) is 11.8 Å². The van der Waals surface area contributed by atoms with Crippen LogP contribution in [0.2, 0.25) is 0 Å². The van der Waals surface area contributed by atoms with Crippen LogP contribution < -0.4 is 10.8 Å². The third-order valence-electron chi connectivity index (χ3n) is 4.77. The molecule has 0 saturated heterocycles. The molecule has 0 fully saturated rings. The highest BCUT2D eigenvalue weighted by molar-refractivity contribution is 5.89. The van der Waals surface area contributed by atoms with Crippen LogP contribution in [0.4, 0.5) is 13.2 Å². The number of carboxylic acids is 1. The largest absolute Gasteiger partial charge is 0.542 e. The topological polar surface area (TPSA) is 106 Å². The summed E-state index contributed by atoms with van der Waals surface area (Å²) in [4.78, 5) is 22.7. The first kappa shape index (κ1) is 23.8. The molecule has 0 unspecified atom stereocenters. The van der Waals surface area contributed by atoms with Gasteiger partial charge in [0, 0.05) is 34.7 Å². The fraction of sp³-hybridized carbons (Fsp3) is 0.167. The fourth-order valence-electron chi connectivity index (χ4n) is 3.06. The molecule has 4 rings (SSSR count). The van der Waals surface area contributed by atoms with E-state index in [-0.39, 0.29) is 0 Å². The van der Waals surface area contributed by atoms with Crippen LogP contribution in [0.25, 0.3) is 33.4 Å². The molecule has 0 amide bonds. The number of aliphatic carboxylic acids is 1. The summed E-state index contributed by atoms with van der Waals surface area (Å²) in [5, 5.41) is 9.74. The first-order chi connectivity index (χ1) is 15.7. The Balaban J connectivity index is 0.000000383. The number of nitrogens with zero attached hydrogens (tertiary/aromatic N) is 3. The number of carbonyl (C=O) groups excluding carboxylic acids is 1. The third-order valence-corrected chi connectivity index (χ3v) is 4.77. The van der Waals surface area contributed by atoms with Gasteiger partial charge < -0.3 is 15.6 Å². The van der Waals surface area contributed by atoms with Crippen LogP contribution in [-0.4, -0.2) is 27.1 Å². The number of rotatable bonds is 4. The molecule has 3 N–H and O–H groups in total. The van der Waals surface area contributed by atoms with E-state index < -0.39 is 12.1 Å². The average molecular weight is 454 g/mol. The number of hydrogen-bond donors (Lipinski definition) is 1. The number of carbonyl (C=O) groups is 1. The minimum absolute atomic E-state index is 0.743. The maximum Gasteiger partial charge on any atom is 0.430 e. The molecule has 2 heterocycles. The Morgan fingerprint density at radius 2 is 1.64 bits per heavy atom. The van der Waals surface area contributed by atoms with Gasteiger partial charge in [-0.25, -0.2) is 15.0 Å². The number of alkyl halides is 3. The maximum absolute atomic E-state index is 10.5. The number of carboxylic acid groups (broad SMARTS) is 1. The van der Waals surface area contributed by atoms with E-state index in [9.17, 15) is 13.2 Å². The average Bonchev–Trinajstić information content (AvgIpc) is 2.83. The zero-order valence-corrected chi connectivity index (χ0v) is 17.8. The van der Waals surface area contributed by atoms with Crippen LogP contribution in [0.5, 0.6) is 0 Å². The van der Waals surface area contributed by atoms with Gasteiger partial charge in [-0.2, -0.15) is 13.2 Å². The fourth-order valence-corrected chi connectivity index (χ4v) is 3.06. The van der Waals surface area contributed by atoms with Crippen molar-refractivity contribution in [3.05, 3.63) is 78.2 Å². The molecule has 0 aliphatic heterocycles. The SMILES string of the molecule is CCc1ncc2cc(-c3ccccc3)c(-c3ccc(C[NH3+])cc3)nc2n1.O=C([O-])C(F)(F)F. The Kier molecular flexibility index (Phi) is 7.34. The Labute approximate surface area is 188 Å². The summed E-state index contributed by atoms with van der Waals surface area (Å²) in [6.45, 7) is 2.84. The number of pyridine rings is 1. The van der Waals surface area contributed by atoms with Crippen molar-refractivity contribution in [3.63, 3.8) is 0 Å². The first-order valence-corrected chi connectivity index (χ1v) is 10.1. The number of aryl methyl sites for hydroxylation is 1. The molecule has 9 heteroatoms. The molecule has 2 aromatic heterocycles. The monoisotopic (exact) mass is 454 g/mol. The van der Waals surface area contributed by atoms with Crippen molar-refractivity contribution in [2.45, 2.75) is 26.1 Å². The lowest BCUT2D eigenvalue weighted by Gasteiger charge is -2.12. The molecule has 2 aromatic carbocycles. The van der Waals surface area contributed by atoms with E-state index in [0.29, 0.717) is 0 Å². The smallest absolute Gasteiger partial charge is 0.430 e. The van der Waals surface area contributed by atoms with Crippen LogP contribution >= 0.6 is 0 Å². The van der Waals surface area contributed by atoms with E-state index in [1.165, 1.54) is 5.56 Å². The normalized spacial score (nSPS) is 11.1. The van der Waals surface area contributed by atoms with Crippen molar-refractivity contribution in [2.75, 3.05) is 0 Å². The first-order valence-electron chi connectivity index (χ1n) is 10.1. The van der Waals surface area contributed by atoms with Crippen molar-refractivity contribution in [2.24, 2.45) is 0 Å². The van der Waals surface area contributed by atoms with Crippen molar-refractivity contribution in [1.82, 2.24) is 15.0 Å². The molecule has 0 aliphatic rings. The standard InChI is InChI=1S/C22H20N4.C2HF3O2/c1-2-20-24-14-18-12-19(16-6-4-3-5-7-16)21(26-22(18)25-20)17-10-8-15(13-23)9-11-17;3-2(4,5)1(6)7/h3-12,14H,2,13,23H2,1H3;(H,6,7). The van der Waals surface area contributed by atoms with E-state index in [4.69, 9.17) is 14.9 Å². The number of benzene rings is 2. The predicted octanol–water partition coefficient (Wildman–Crippen LogP) is 2.96. The molecule has 6 nitrogen and oxygen atoms in total. The summed E-state index contributed by atoms with van der Waals surface area (Å²) in [6, 6.07) is 20.9. The van der Waals surface area contributed by atoms with E-state index >= 15 is 0 Å². The number of quaternary nitrogens is 1. The van der Waals surface area contributed by atoms with Crippen molar-refractivity contribution in [3.8, 4) is 22.4 Å². The zero-order valence-electron chi connectivity index (χ0n) is 17.8. The summed E-state index contributed by atoms with van der Waals surface area (Å²) in [6.07, 6.45) is -2.53. The third kappa shape index (κ3) is 5.89. The second kappa shape index (κ2) is 10.2.